The fourth-order valence-electron chi connectivity index (χ4n) is 2.09. The van der Waals surface area contributed by atoms with Crippen LogP contribution in [0.25, 0.3) is 0 Å². The van der Waals surface area contributed by atoms with E-state index in [1.54, 1.807) is 12.1 Å². The fourth-order valence-corrected chi connectivity index (χ4v) is 3.72. The lowest BCUT2D eigenvalue weighted by atomic mass is 9.98. The Hall–Kier alpha value is -1.72. The van der Waals surface area contributed by atoms with Gasteiger partial charge in [0, 0.05) is 0 Å². The first-order valence-corrected chi connectivity index (χ1v) is 8.14. The minimum absolute atomic E-state index is 0.162. The fraction of sp³-hybridized carbons (Fsp3) is 0.250. The molecule has 3 nitrogen and oxygen atoms in total. The monoisotopic (exact) mass is 308 g/mol. The standard InChI is InChI=1S/C16H17FO3S/c1-12-3-9-15(10-4-12)21(19,20)11-16(2,18)13-5-7-14(17)8-6-13/h3-10,18H,11H2,1-2H3. The van der Waals surface area contributed by atoms with Crippen molar-refractivity contribution in [3.63, 3.8) is 0 Å². The third kappa shape index (κ3) is 3.68. The van der Waals surface area contributed by atoms with Crippen LogP contribution in [0.1, 0.15) is 18.1 Å². The quantitative estimate of drug-likeness (QED) is 0.945. The van der Waals surface area contributed by atoms with Crippen molar-refractivity contribution in [1.29, 1.82) is 0 Å². The molecule has 2 aromatic rings. The Bertz CT molecular complexity index is 717. The van der Waals surface area contributed by atoms with Gasteiger partial charge in [0.05, 0.1) is 10.6 Å². The Labute approximate surface area is 124 Å². The Morgan fingerprint density at radius 2 is 1.57 bits per heavy atom. The number of hydrogen-bond acceptors (Lipinski definition) is 3. The maximum Gasteiger partial charge on any atom is 0.181 e. The molecule has 1 N–H and O–H groups in total. The highest BCUT2D eigenvalue weighted by Gasteiger charge is 2.31. The highest BCUT2D eigenvalue weighted by atomic mass is 32.2. The molecule has 112 valence electrons. The van der Waals surface area contributed by atoms with Gasteiger partial charge >= 0.3 is 0 Å². The summed E-state index contributed by atoms with van der Waals surface area (Å²) in [5, 5.41) is 10.4. The number of sulfone groups is 1. The third-order valence-corrected chi connectivity index (χ3v) is 5.25. The van der Waals surface area contributed by atoms with Gasteiger partial charge in [0.2, 0.25) is 0 Å². The average Bonchev–Trinajstić information content (AvgIpc) is 2.38. The second kappa shape index (κ2) is 5.58. The summed E-state index contributed by atoms with van der Waals surface area (Å²) in [4.78, 5) is 0.162. The Morgan fingerprint density at radius 1 is 1.05 bits per heavy atom. The van der Waals surface area contributed by atoms with E-state index in [0.29, 0.717) is 5.56 Å². The molecule has 0 radical (unpaired) electrons. The molecule has 5 heteroatoms. The van der Waals surface area contributed by atoms with E-state index >= 15 is 0 Å². The molecule has 1 atom stereocenters. The van der Waals surface area contributed by atoms with Crippen molar-refractivity contribution in [2.45, 2.75) is 24.3 Å². The second-order valence-corrected chi connectivity index (χ2v) is 7.34. The molecule has 0 saturated heterocycles. The van der Waals surface area contributed by atoms with Crippen molar-refractivity contribution in [1.82, 2.24) is 0 Å². The first-order chi connectivity index (χ1) is 9.71. The molecule has 0 aliphatic heterocycles. The van der Waals surface area contributed by atoms with Crippen LogP contribution in [0.3, 0.4) is 0 Å². The van der Waals surface area contributed by atoms with E-state index in [2.05, 4.69) is 0 Å². The van der Waals surface area contributed by atoms with Crippen molar-refractivity contribution in [3.05, 3.63) is 65.5 Å². The van der Waals surface area contributed by atoms with Crippen LogP contribution in [0.5, 0.6) is 0 Å². The maximum atomic E-state index is 12.9. The highest BCUT2D eigenvalue weighted by Crippen LogP contribution is 2.26. The van der Waals surface area contributed by atoms with Gasteiger partial charge in [-0.15, -0.1) is 0 Å². The van der Waals surface area contributed by atoms with Crippen LogP contribution in [0, 0.1) is 12.7 Å². The molecule has 2 rings (SSSR count). The number of rotatable bonds is 4. The van der Waals surface area contributed by atoms with Crippen LogP contribution in [-0.2, 0) is 15.4 Å². The van der Waals surface area contributed by atoms with Crippen molar-refractivity contribution >= 4 is 9.84 Å². The van der Waals surface area contributed by atoms with Crippen LogP contribution < -0.4 is 0 Å². The average molecular weight is 308 g/mol. The number of benzene rings is 2. The van der Waals surface area contributed by atoms with Gasteiger partial charge in [0.15, 0.2) is 9.84 Å². The van der Waals surface area contributed by atoms with E-state index in [-0.39, 0.29) is 4.90 Å². The van der Waals surface area contributed by atoms with E-state index in [0.717, 1.165) is 5.56 Å². The maximum absolute atomic E-state index is 12.9. The van der Waals surface area contributed by atoms with E-state index in [4.69, 9.17) is 0 Å². The molecule has 21 heavy (non-hydrogen) atoms. The Kier molecular flexibility index (Phi) is 4.16. The van der Waals surface area contributed by atoms with Crippen LogP contribution in [0.15, 0.2) is 53.4 Å². The lowest BCUT2D eigenvalue weighted by Crippen LogP contribution is -2.31. The zero-order chi connectivity index (χ0) is 15.7. The van der Waals surface area contributed by atoms with Crippen LogP contribution in [0.2, 0.25) is 0 Å². The normalized spacial score (nSPS) is 14.7. The van der Waals surface area contributed by atoms with E-state index in [1.165, 1.54) is 43.3 Å². The summed E-state index contributed by atoms with van der Waals surface area (Å²) in [6.45, 7) is 3.27. The first kappa shape index (κ1) is 15.7. The van der Waals surface area contributed by atoms with E-state index in [1.807, 2.05) is 6.92 Å². The van der Waals surface area contributed by atoms with Crippen molar-refractivity contribution in [2.75, 3.05) is 5.75 Å². The summed E-state index contributed by atoms with van der Waals surface area (Å²) in [6, 6.07) is 11.6. The van der Waals surface area contributed by atoms with E-state index < -0.39 is 27.0 Å². The predicted molar refractivity (Wildman–Crippen MR) is 79.2 cm³/mol. The molecular weight excluding hydrogens is 291 g/mol. The lowest BCUT2D eigenvalue weighted by molar-refractivity contribution is 0.0819. The third-order valence-electron chi connectivity index (χ3n) is 3.32. The van der Waals surface area contributed by atoms with Gasteiger partial charge in [-0.05, 0) is 43.7 Å². The summed E-state index contributed by atoms with van der Waals surface area (Å²) in [5.41, 5.74) is -0.268. The molecule has 0 fully saturated rings. The molecule has 0 aromatic heterocycles. The molecule has 0 aliphatic carbocycles. The highest BCUT2D eigenvalue weighted by molar-refractivity contribution is 7.91. The molecule has 0 bridgehead atoms. The minimum Gasteiger partial charge on any atom is -0.384 e. The number of aliphatic hydroxyl groups is 1. The van der Waals surface area contributed by atoms with Gasteiger partial charge in [-0.3, -0.25) is 0 Å². The zero-order valence-electron chi connectivity index (χ0n) is 11.9. The van der Waals surface area contributed by atoms with Crippen molar-refractivity contribution in [3.8, 4) is 0 Å². The van der Waals surface area contributed by atoms with Crippen molar-refractivity contribution in [2.24, 2.45) is 0 Å². The van der Waals surface area contributed by atoms with Gasteiger partial charge in [-0.25, -0.2) is 12.8 Å². The topological polar surface area (TPSA) is 54.4 Å². The largest absolute Gasteiger partial charge is 0.384 e. The van der Waals surface area contributed by atoms with Crippen LogP contribution >= 0.6 is 0 Å². The smallest absolute Gasteiger partial charge is 0.181 e. The van der Waals surface area contributed by atoms with Gasteiger partial charge in [0.1, 0.15) is 11.4 Å². The van der Waals surface area contributed by atoms with Crippen molar-refractivity contribution < 1.29 is 17.9 Å². The zero-order valence-corrected chi connectivity index (χ0v) is 12.7. The Balaban J connectivity index is 2.30. The van der Waals surface area contributed by atoms with Gasteiger partial charge in [-0.2, -0.15) is 0 Å². The summed E-state index contributed by atoms with van der Waals surface area (Å²) in [5.74, 6) is -0.898. The summed E-state index contributed by atoms with van der Waals surface area (Å²) in [7, 11) is -3.64. The molecule has 0 aliphatic rings. The molecule has 0 spiro atoms. The second-order valence-electron chi connectivity index (χ2n) is 5.35. The molecule has 2 aromatic carbocycles. The minimum atomic E-state index is -3.64. The predicted octanol–water partition coefficient (Wildman–Crippen LogP) is 2.82. The molecule has 0 heterocycles. The SMILES string of the molecule is Cc1ccc(S(=O)(=O)CC(C)(O)c2ccc(F)cc2)cc1. The first-order valence-electron chi connectivity index (χ1n) is 6.49. The molecule has 0 saturated carbocycles. The van der Waals surface area contributed by atoms with Crippen LogP contribution in [0.4, 0.5) is 4.39 Å². The van der Waals surface area contributed by atoms with Gasteiger partial charge in [-0.1, -0.05) is 29.8 Å². The molecular formula is C16H17FO3S. The van der Waals surface area contributed by atoms with Gasteiger partial charge < -0.3 is 5.11 Å². The number of halogens is 1. The van der Waals surface area contributed by atoms with Gasteiger partial charge in [0.25, 0.3) is 0 Å². The number of hydrogen-bond donors (Lipinski definition) is 1. The Morgan fingerprint density at radius 3 is 2.10 bits per heavy atom. The lowest BCUT2D eigenvalue weighted by Gasteiger charge is -2.23. The summed E-state index contributed by atoms with van der Waals surface area (Å²) < 4.78 is 37.6. The van der Waals surface area contributed by atoms with Crippen LogP contribution in [-0.4, -0.2) is 19.3 Å². The molecule has 1 unspecified atom stereocenters. The summed E-state index contributed by atoms with van der Waals surface area (Å²) in [6.07, 6.45) is 0. The van der Waals surface area contributed by atoms with E-state index in [9.17, 15) is 17.9 Å². The molecule has 0 amide bonds. The summed E-state index contributed by atoms with van der Waals surface area (Å²) >= 11 is 0. The number of aryl methyl sites for hydroxylation is 1.